The summed E-state index contributed by atoms with van der Waals surface area (Å²) in [5, 5.41) is 22.6. The highest BCUT2D eigenvalue weighted by molar-refractivity contribution is 6.07. The van der Waals surface area contributed by atoms with Crippen LogP contribution in [0.2, 0.25) is 0 Å². The Hall–Kier alpha value is -4.13. The average Bonchev–Trinajstić information content (AvgIpc) is 3.33. The van der Waals surface area contributed by atoms with Gasteiger partial charge in [-0.2, -0.15) is 24.2 Å². The number of nitriles is 1. The lowest BCUT2D eigenvalue weighted by Gasteiger charge is -2.09. The Balaban J connectivity index is 1.67. The molecule has 0 aliphatic carbocycles. The zero-order valence-corrected chi connectivity index (χ0v) is 15.4. The zero-order valence-electron chi connectivity index (χ0n) is 15.4. The molecule has 2 aromatic heterocycles. The van der Waals surface area contributed by atoms with E-state index in [1.807, 2.05) is 6.07 Å². The molecular formula is C20H13F3N6O. The number of hydrogen-bond acceptors (Lipinski definition) is 4. The molecule has 0 saturated carbocycles. The maximum absolute atomic E-state index is 14.3. The number of aryl methyl sites for hydroxylation is 1. The predicted octanol–water partition coefficient (Wildman–Crippen LogP) is 4.39. The molecule has 0 fully saturated rings. The van der Waals surface area contributed by atoms with Crippen LogP contribution in [0.4, 0.5) is 18.9 Å². The molecule has 4 rings (SSSR count). The fraction of sp³-hybridized carbons (Fsp3) is 0.100. The van der Waals surface area contributed by atoms with Gasteiger partial charge in [-0.25, -0.2) is 9.07 Å². The number of halogens is 3. The van der Waals surface area contributed by atoms with Gasteiger partial charge in [0.25, 0.3) is 5.91 Å². The Labute approximate surface area is 167 Å². The molecule has 30 heavy (non-hydrogen) atoms. The van der Waals surface area contributed by atoms with Gasteiger partial charge in [-0.05, 0) is 42.8 Å². The number of carbonyl (C=O) groups is 1. The summed E-state index contributed by atoms with van der Waals surface area (Å²) >= 11 is 0. The largest absolute Gasteiger partial charge is 0.333 e. The molecular weight excluding hydrogens is 397 g/mol. The van der Waals surface area contributed by atoms with Crippen LogP contribution in [0.5, 0.6) is 0 Å². The van der Waals surface area contributed by atoms with E-state index in [0.717, 1.165) is 6.07 Å². The van der Waals surface area contributed by atoms with E-state index in [9.17, 15) is 18.0 Å². The second kappa shape index (κ2) is 7.36. The fourth-order valence-electron chi connectivity index (χ4n) is 3.17. The first kappa shape index (κ1) is 19.2. The van der Waals surface area contributed by atoms with Gasteiger partial charge in [0.1, 0.15) is 11.5 Å². The average molecular weight is 410 g/mol. The summed E-state index contributed by atoms with van der Waals surface area (Å²) in [6.45, 7) is -1.24. The fourth-order valence-corrected chi connectivity index (χ4v) is 3.17. The van der Waals surface area contributed by atoms with E-state index in [4.69, 9.17) is 5.26 Å². The lowest BCUT2D eigenvalue weighted by molar-refractivity contribution is 0.0566. The van der Waals surface area contributed by atoms with E-state index in [0.29, 0.717) is 38.1 Å². The summed E-state index contributed by atoms with van der Waals surface area (Å²) in [4.78, 5) is 12.6. The third-order valence-electron chi connectivity index (χ3n) is 4.54. The number of alkyl halides is 2. The molecule has 0 unspecified atom stereocenters. The number of nitrogens with zero attached hydrogens (tertiary/aromatic N) is 4. The second-order valence-electron chi connectivity index (χ2n) is 6.54. The Morgan fingerprint density at radius 3 is 2.77 bits per heavy atom. The molecule has 2 heterocycles. The van der Waals surface area contributed by atoms with Gasteiger partial charge < -0.3 is 5.32 Å². The maximum Gasteiger partial charge on any atom is 0.333 e. The number of aromatic nitrogens is 4. The van der Waals surface area contributed by atoms with Crippen molar-refractivity contribution in [2.75, 3.05) is 5.32 Å². The smallest absolute Gasteiger partial charge is 0.322 e. The molecule has 0 bridgehead atoms. The number of nitrogens with one attached hydrogen (secondary N) is 2. The monoisotopic (exact) mass is 410 g/mol. The first-order valence-electron chi connectivity index (χ1n) is 8.70. The highest BCUT2D eigenvalue weighted by atomic mass is 19.3. The Kier molecular flexibility index (Phi) is 4.71. The number of amides is 1. The second-order valence-corrected chi connectivity index (χ2v) is 6.54. The highest BCUT2D eigenvalue weighted by Gasteiger charge is 2.18. The van der Waals surface area contributed by atoms with Crippen molar-refractivity contribution < 1.29 is 18.0 Å². The summed E-state index contributed by atoms with van der Waals surface area (Å²) < 4.78 is 40.4. The van der Waals surface area contributed by atoms with Crippen LogP contribution in [0.1, 0.15) is 28.0 Å². The summed E-state index contributed by atoms with van der Waals surface area (Å²) in [7, 11) is 0. The molecule has 2 aromatic carbocycles. The van der Waals surface area contributed by atoms with Gasteiger partial charge in [-0.1, -0.05) is 0 Å². The number of rotatable bonds is 4. The van der Waals surface area contributed by atoms with Crippen LogP contribution in [-0.2, 0) is 0 Å². The van der Waals surface area contributed by atoms with Crippen molar-refractivity contribution in [1.82, 2.24) is 20.0 Å². The van der Waals surface area contributed by atoms with Crippen LogP contribution in [-0.4, -0.2) is 25.9 Å². The minimum Gasteiger partial charge on any atom is -0.322 e. The Morgan fingerprint density at radius 2 is 2.10 bits per heavy atom. The van der Waals surface area contributed by atoms with Crippen molar-refractivity contribution in [3.8, 4) is 17.3 Å². The molecule has 150 valence electrons. The van der Waals surface area contributed by atoms with E-state index in [1.54, 1.807) is 18.2 Å². The molecule has 1 amide bonds. The first-order chi connectivity index (χ1) is 14.4. The number of fused-ring (bicyclic) bond motifs is 1. The minimum atomic E-state index is -2.77. The Bertz CT molecular complexity index is 1290. The van der Waals surface area contributed by atoms with Crippen molar-refractivity contribution >= 4 is 22.5 Å². The third kappa shape index (κ3) is 3.37. The van der Waals surface area contributed by atoms with Gasteiger partial charge >= 0.3 is 6.55 Å². The molecule has 4 aromatic rings. The van der Waals surface area contributed by atoms with Crippen LogP contribution in [0.25, 0.3) is 22.2 Å². The zero-order chi connectivity index (χ0) is 21.4. The number of anilines is 1. The van der Waals surface area contributed by atoms with Crippen LogP contribution in [0.3, 0.4) is 0 Å². The number of carbonyl (C=O) groups excluding carboxylic acids is 1. The molecule has 0 radical (unpaired) electrons. The summed E-state index contributed by atoms with van der Waals surface area (Å²) in [5.74, 6) is -1.47. The quantitative estimate of drug-likeness (QED) is 0.521. The lowest BCUT2D eigenvalue weighted by Crippen LogP contribution is -2.15. The predicted molar refractivity (Wildman–Crippen MR) is 102 cm³/mol. The maximum atomic E-state index is 14.3. The summed E-state index contributed by atoms with van der Waals surface area (Å²) in [5.41, 5.74) is 2.02. The normalized spacial score (nSPS) is 11.1. The SMILES string of the molecule is Cc1cc(C#N)cc(F)c1C(=O)Nc1ccc2[nH]nc(-c3cnn(C(F)F)c3)c2c1. The molecule has 7 nitrogen and oxygen atoms in total. The number of H-pyrrole nitrogens is 1. The van der Waals surface area contributed by atoms with E-state index in [1.165, 1.54) is 25.4 Å². The van der Waals surface area contributed by atoms with Crippen LogP contribution < -0.4 is 5.32 Å². The van der Waals surface area contributed by atoms with E-state index < -0.39 is 18.3 Å². The number of aromatic amines is 1. The minimum absolute atomic E-state index is 0.121. The van der Waals surface area contributed by atoms with Crippen molar-refractivity contribution in [1.29, 1.82) is 5.26 Å². The molecule has 2 N–H and O–H groups in total. The van der Waals surface area contributed by atoms with Crippen molar-refractivity contribution in [2.24, 2.45) is 0 Å². The number of benzene rings is 2. The number of hydrogen-bond donors (Lipinski definition) is 2. The summed E-state index contributed by atoms with van der Waals surface area (Å²) in [6.07, 6.45) is 2.43. The van der Waals surface area contributed by atoms with Crippen molar-refractivity contribution in [3.05, 3.63) is 65.2 Å². The van der Waals surface area contributed by atoms with Gasteiger partial charge in [-0.3, -0.25) is 9.89 Å². The topological polar surface area (TPSA) is 99.4 Å². The molecule has 0 atom stereocenters. The van der Waals surface area contributed by atoms with Crippen molar-refractivity contribution in [2.45, 2.75) is 13.5 Å². The summed E-state index contributed by atoms with van der Waals surface area (Å²) in [6, 6.07) is 9.12. The highest BCUT2D eigenvalue weighted by Crippen LogP contribution is 2.29. The van der Waals surface area contributed by atoms with Gasteiger partial charge in [0.05, 0.1) is 28.9 Å². The van der Waals surface area contributed by atoms with E-state index in [-0.39, 0.29) is 11.1 Å². The lowest BCUT2D eigenvalue weighted by atomic mass is 10.0. The van der Waals surface area contributed by atoms with E-state index in [2.05, 4.69) is 20.6 Å². The van der Waals surface area contributed by atoms with Crippen molar-refractivity contribution in [3.63, 3.8) is 0 Å². The van der Waals surface area contributed by atoms with Gasteiger partial charge in [0.2, 0.25) is 0 Å². The molecule has 0 saturated heterocycles. The molecule has 10 heteroatoms. The molecule has 0 spiro atoms. The molecule has 0 aliphatic rings. The van der Waals surface area contributed by atoms with Gasteiger partial charge in [0.15, 0.2) is 0 Å². The first-order valence-corrected chi connectivity index (χ1v) is 8.70. The van der Waals surface area contributed by atoms with Gasteiger partial charge in [0, 0.05) is 22.8 Å². The Morgan fingerprint density at radius 1 is 1.30 bits per heavy atom. The van der Waals surface area contributed by atoms with Crippen LogP contribution >= 0.6 is 0 Å². The third-order valence-corrected chi connectivity index (χ3v) is 4.54. The standard InChI is InChI=1S/C20H13F3N6O/c1-10-4-11(7-24)5-15(21)17(10)19(30)26-13-2-3-16-14(6-13)18(28-27-16)12-8-25-29(9-12)20(22)23/h2-6,8-9,20H,1H3,(H,26,30)(H,27,28). The van der Waals surface area contributed by atoms with Gasteiger partial charge in [-0.15, -0.1) is 0 Å². The molecule has 0 aliphatic heterocycles. The van der Waals surface area contributed by atoms with E-state index >= 15 is 0 Å². The van der Waals surface area contributed by atoms with Crippen LogP contribution in [0.15, 0.2) is 42.7 Å². The van der Waals surface area contributed by atoms with Crippen LogP contribution in [0, 0.1) is 24.1 Å².